The first-order valence-electron chi connectivity index (χ1n) is 8.60. The molecule has 1 amide bonds. The standard InChI is InChI=1S/C20H18IN3O6/c1-4-30-18-9-12(8-15(21)19(18)29-3)7-13(11-22)20(25)23-16-6-5-14(28-2)10-17(16)24(26)27/h5-10H,4H2,1-3H3,(H,23,25)/b13-7+. The van der Waals surface area contributed by atoms with Crippen LogP contribution in [0.1, 0.15) is 12.5 Å². The molecule has 2 rings (SSSR count). The minimum atomic E-state index is -0.783. The Kier molecular flexibility index (Phi) is 7.99. The Bertz CT molecular complexity index is 1050. The van der Waals surface area contributed by atoms with E-state index in [0.29, 0.717) is 23.7 Å². The molecule has 30 heavy (non-hydrogen) atoms. The van der Waals surface area contributed by atoms with Gasteiger partial charge < -0.3 is 19.5 Å². The monoisotopic (exact) mass is 523 g/mol. The van der Waals surface area contributed by atoms with Crippen LogP contribution in [-0.4, -0.2) is 31.7 Å². The predicted octanol–water partition coefficient (Wildman–Crippen LogP) is 4.16. The fourth-order valence-electron chi connectivity index (χ4n) is 2.53. The molecule has 0 unspecified atom stereocenters. The highest BCUT2D eigenvalue weighted by atomic mass is 127. The Morgan fingerprint density at radius 2 is 2.03 bits per heavy atom. The highest BCUT2D eigenvalue weighted by molar-refractivity contribution is 14.1. The van der Waals surface area contributed by atoms with Crippen molar-refractivity contribution >= 4 is 45.9 Å². The van der Waals surface area contributed by atoms with Gasteiger partial charge in [0, 0.05) is 0 Å². The van der Waals surface area contributed by atoms with Gasteiger partial charge in [-0.25, -0.2) is 0 Å². The number of nitro groups is 1. The van der Waals surface area contributed by atoms with Crippen LogP contribution in [0.3, 0.4) is 0 Å². The van der Waals surface area contributed by atoms with Crippen molar-refractivity contribution < 1.29 is 23.9 Å². The molecule has 1 N–H and O–H groups in total. The van der Waals surface area contributed by atoms with Gasteiger partial charge in [0.2, 0.25) is 0 Å². The van der Waals surface area contributed by atoms with Gasteiger partial charge in [-0.05, 0) is 65.4 Å². The molecule has 0 heterocycles. The van der Waals surface area contributed by atoms with E-state index in [2.05, 4.69) is 27.9 Å². The van der Waals surface area contributed by atoms with Crippen molar-refractivity contribution in [3.05, 3.63) is 55.2 Å². The van der Waals surface area contributed by atoms with Crippen molar-refractivity contribution in [2.75, 3.05) is 26.1 Å². The van der Waals surface area contributed by atoms with Crippen LogP contribution >= 0.6 is 22.6 Å². The number of hydrogen-bond acceptors (Lipinski definition) is 7. The van der Waals surface area contributed by atoms with Crippen molar-refractivity contribution in [3.8, 4) is 23.3 Å². The molecule has 0 radical (unpaired) electrons. The molecule has 0 bridgehead atoms. The summed E-state index contributed by atoms with van der Waals surface area (Å²) in [5.41, 5.74) is -0.0907. The lowest BCUT2D eigenvalue weighted by Gasteiger charge is -2.12. The molecule has 9 nitrogen and oxygen atoms in total. The van der Waals surface area contributed by atoms with E-state index in [0.717, 1.165) is 3.57 Å². The minimum absolute atomic E-state index is 0.0498. The number of carbonyl (C=O) groups excluding carboxylic acids is 1. The number of nitro benzene ring substituents is 1. The summed E-state index contributed by atoms with van der Waals surface area (Å²) in [5.74, 6) is 0.509. The molecule has 2 aromatic carbocycles. The number of rotatable bonds is 8. The molecule has 2 aromatic rings. The van der Waals surface area contributed by atoms with Gasteiger partial charge in [0.15, 0.2) is 11.5 Å². The third-order valence-electron chi connectivity index (χ3n) is 3.86. The highest BCUT2D eigenvalue weighted by Crippen LogP contribution is 2.35. The van der Waals surface area contributed by atoms with E-state index in [9.17, 15) is 20.2 Å². The third kappa shape index (κ3) is 5.38. The molecule has 0 saturated heterocycles. The van der Waals surface area contributed by atoms with Crippen molar-refractivity contribution in [1.29, 1.82) is 5.26 Å². The fourth-order valence-corrected chi connectivity index (χ4v) is 3.38. The van der Waals surface area contributed by atoms with E-state index in [-0.39, 0.29) is 22.7 Å². The number of halogens is 1. The summed E-state index contributed by atoms with van der Waals surface area (Å²) in [7, 11) is 2.89. The minimum Gasteiger partial charge on any atom is -0.496 e. The number of carbonyl (C=O) groups is 1. The topological polar surface area (TPSA) is 124 Å². The first-order chi connectivity index (χ1) is 14.3. The Morgan fingerprint density at radius 1 is 1.30 bits per heavy atom. The van der Waals surface area contributed by atoms with E-state index in [1.165, 1.54) is 38.5 Å². The van der Waals surface area contributed by atoms with E-state index >= 15 is 0 Å². The van der Waals surface area contributed by atoms with Crippen molar-refractivity contribution in [2.45, 2.75) is 6.92 Å². The average molecular weight is 523 g/mol. The van der Waals surface area contributed by atoms with Gasteiger partial charge in [-0.15, -0.1) is 0 Å². The van der Waals surface area contributed by atoms with E-state index in [4.69, 9.17) is 14.2 Å². The molecule has 0 aliphatic carbocycles. The van der Waals surface area contributed by atoms with Crippen LogP contribution in [0.4, 0.5) is 11.4 Å². The number of hydrogen-bond donors (Lipinski definition) is 1. The molecule has 10 heteroatoms. The average Bonchev–Trinajstić information content (AvgIpc) is 2.72. The number of nitrogens with one attached hydrogen (secondary N) is 1. The van der Waals surface area contributed by atoms with Crippen molar-refractivity contribution in [3.63, 3.8) is 0 Å². The van der Waals surface area contributed by atoms with Gasteiger partial charge in [-0.3, -0.25) is 14.9 Å². The number of amides is 1. The Labute approximate surface area is 186 Å². The highest BCUT2D eigenvalue weighted by Gasteiger charge is 2.19. The van der Waals surface area contributed by atoms with E-state index in [1.54, 1.807) is 12.1 Å². The lowest BCUT2D eigenvalue weighted by Crippen LogP contribution is -2.14. The molecule has 156 valence electrons. The normalized spacial score (nSPS) is 10.7. The Morgan fingerprint density at radius 3 is 2.60 bits per heavy atom. The van der Waals surface area contributed by atoms with Crippen LogP contribution in [0, 0.1) is 25.0 Å². The molecular formula is C20H18IN3O6. The maximum atomic E-state index is 12.6. The zero-order valence-corrected chi connectivity index (χ0v) is 18.6. The van der Waals surface area contributed by atoms with Gasteiger partial charge in [-0.2, -0.15) is 5.26 Å². The zero-order chi connectivity index (χ0) is 22.3. The van der Waals surface area contributed by atoms with Crippen LogP contribution in [0.25, 0.3) is 6.08 Å². The van der Waals surface area contributed by atoms with Gasteiger partial charge in [0.25, 0.3) is 11.6 Å². The fraction of sp³-hybridized carbons (Fsp3) is 0.200. The second-order valence-electron chi connectivity index (χ2n) is 5.73. The second-order valence-corrected chi connectivity index (χ2v) is 6.89. The van der Waals surface area contributed by atoms with Gasteiger partial charge in [0.05, 0.1) is 35.4 Å². The lowest BCUT2D eigenvalue weighted by molar-refractivity contribution is -0.384. The summed E-state index contributed by atoms with van der Waals surface area (Å²) in [4.78, 5) is 23.2. The summed E-state index contributed by atoms with van der Waals surface area (Å²) >= 11 is 2.06. The summed E-state index contributed by atoms with van der Waals surface area (Å²) < 4.78 is 16.6. The number of nitrogens with zero attached hydrogens (tertiary/aromatic N) is 2. The van der Waals surface area contributed by atoms with Crippen LogP contribution in [-0.2, 0) is 4.79 Å². The molecule has 0 spiro atoms. The zero-order valence-electron chi connectivity index (χ0n) is 16.4. The molecule has 0 fully saturated rings. The third-order valence-corrected chi connectivity index (χ3v) is 4.66. The van der Waals surface area contributed by atoms with Crippen LogP contribution in [0.5, 0.6) is 17.2 Å². The first-order valence-corrected chi connectivity index (χ1v) is 9.68. The SMILES string of the molecule is CCOc1cc(/C=C(\C#N)C(=O)Nc2ccc(OC)cc2[N+](=O)[O-])cc(I)c1OC. The number of methoxy groups -OCH3 is 2. The molecule has 0 aliphatic heterocycles. The van der Waals surface area contributed by atoms with E-state index in [1.807, 2.05) is 13.0 Å². The van der Waals surface area contributed by atoms with Gasteiger partial charge in [0.1, 0.15) is 23.1 Å². The van der Waals surface area contributed by atoms with Gasteiger partial charge in [-0.1, -0.05) is 0 Å². The maximum Gasteiger partial charge on any atom is 0.296 e. The number of ether oxygens (including phenoxy) is 3. The Hall–Kier alpha value is -3.33. The van der Waals surface area contributed by atoms with Crippen LogP contribution < -0.4 is 19.5 Å². The van der Waals surface area contributed by atoms with Gasteiger partial charge >= 0.3 is 0 Å². The number of nitriles is 1. The maximum absolute atomic E-state index is 12.6. The molecular weight excluding hydrogens is 505 g/mol. The second kappa shape index (κ2) is 10.4. The largest absolute Gasteiger partial charge is 0.496 e. The summed E-state index contributed by atoms with van der Waals surface area (Å²) in [6, 6.07) is 9.19. The first kappa shape index (κ1) is 23.0. The lowest BCUT2D eigenvalue weighted by atomic mass is 10.1. The predicted molar refractivity (Wildman–Crippen MR) is 119 cm³/mol. The summed E-state index contributed by atoms with van der Waals surface area (Å²) in [6.45, 7) is 2.23. The molecule has 0 aliphatic rings. The summed E-state index contributed by atoms with van der Waals surface area (Å²) in [6.07, 6.45) is 1.37. The Balaban J connectivity index is 2.39. The summed E-state index contributed by atoms with van der Waals surface area (Å²) in [5, 5.41) is 23.1. The van der Waals surface area contributed by atoms with E-state index < -0.39 is 10.8 Å². The smallest absolute Gasteiger partial charge is 0.296 e. The quantitative estimate of drug-likeness (QED) is 0.181. The van der Waals surface area contributed by atoms with Crippen molar-refractivity contribution in [2.24, 2.45) is 0 Å². The molecule has 0 atom stereocenters. The number of benzene rings is 2. The number of anilines is 1. The van der Waals surface area contributed by atoms with Crippen LogP contribution in [0.15, 0.2) is 35.9 Å². The van der Waals surface area contributed by atoms with Crippen LogP contribution in [0.2, 0.25) is 0 Å². The van der Waals surface area contributed by atoms with Crippen molar-refractivity contribution in [1.82, 2.24) is 0 Å². The molecule has 0 saturated carbocycles. The molecule has 0 aromatic heterocycles.